The number of aromatic nitrogens is 6. The van der Waals surface area contributed by atoms with Crippen molar-refractivity contribution in [2.75, 3.05) is 41.0 Å². The number of benzene rings is 3. The summed E-state index contributed by atoms with van der Waals surface area (Å²) in [6.45, 7) is 46.1. The number of hydrogen-bond donors (Lipinski definition) is 0. The number of carbonyl (C=O) groups excluding carboxylic acids is 9. The van der Waals surface area contributed by atoms with Gasteiger partial charge < -0.3 is 71.5 Å². The van der Waals surface area contributed by atoms with Crippen molar-refractivity contribution < 1.29 is 100.0 Å². The molecule has 0 N–H and O–H groups in total. The first-order valence-corrected chi connectivity index (χ1v) is 51.2. The first-order valence-electron chi connectivity index (χ1n) is 51.2. The van der Waals surface area contributed by atoms with Crippen LogP contribution in [-0.2, 0) is 78.0 Å². The smallest absolute Gasteiger partial charge is 0.329 e. The number of fused-ring (bicyclic) bond motifs is 15. The fourth-order valence-electron chi connectivity index (χ4n) is 21.1. The molecule has 6 aromatic rings. The van der Waals surface area contributed by atoms with Crippen LogP contribution in [0.1, 0.15) is 313 Å². The number of aryl methyl sites for hydroxylation is 1. The largest absolute Gasteiger partial charge is 0.497 e. The van der Waals surface area contributed by atoms with E-state index in [0.29, 0.717) is 105 Å². The Morgan fingerprint density at radius 1 is 0.387 bits per heavy atom. The molecule has 18 atom stereocenters. The Bertz CT molecular complexity index is 5430. The monoisotopic (exact) mass is 1970 g/mol. The molecular formula is C112H159N9O21. The molecule has 3 saturated carbocycles. The summed E-state index contributed by atoms with van der Waals surface area (Å²) >= 11 is 0. The molecule has 0 unspecified atom stereocenters. The minimum Gasteiger partial charge on any atom is -0.497 e. The lowest BCUT2D eigenvalue weighted by Gasteiger charge is -2.35. The Labute approximate surface area is 840 Å². The Morgan fingerprint density at radius 2 is 0.683 bits per heavy atom. The van der Waals surface area contributed by atoms with E-state index in [1.54, 1.807) is 36.0 Å². The Morgan fingerprint density at radius 3 is 0.979 bits per heavy atom. The highest BCUT2D eigenvalue weighted by Crippen LogP contribution is 2.54. The zero-order chi connectivity index (χ0) is 103. The summed E-state index contributed by atoms with van der Waals surface area (Å²) in [5, 5.41) is 0. The molecule has 30 heteroatoms. The van der Waals surface area contributed by atoms with Crippen LogP contribution >= 0.6 is 0 Å². The Balaban J connectivity index is 0.000000190. The van der Waals surface area contributed by atoms with Crippen molar-refractivity contribution in [2.45, 2.75) is 372 Å². The molecule has 30 nitrogen and oxygen atoms in total. The summed E-state index contributed by atoms with van der Waals surface area (Å²) in [6, 6.07) is 14.0. The molecule has 142 heavy (non-hydrogen) atoms. The van der Waals surface area contributed by atoms with E-state index in [1.807, 2.05) is 233 Å². The van der Waals surface area contributed by atoms with Gasteiger partial charge in [-0.15, -0.1) is 0 Å². The zero-order valence-corrected chi connectivity index (χ0v) is 88.5. The lowest BCUT2D eigenvalue weighted by Crippen LogP contribution is -2.50. The standard InChI is InChI=1S/C37H53N3O7.2C37H51N3O7.CH4/c3*1-10-24-29-21-40(31(24)34(43)47-36(5,6)7)33(42)25(35(2,3)4)19-30(41)46-37(8)20-22(37)14-12-11-13-15-27-32(45-29)39-28-18-23(44-9)16-17-26(28)38-27;/h16-18,22,24-25,29,31H,10-15,19-21H2,1-9H3;2*13,15-18,22,24-25,29,31H,10-12,14,19-21H2,1-9H3;1H4/b;2*15-13+;/t22-,24-,25-,29+,31+,37-;22-,24+,25+,29-,31-,37-;22-,24-,25-,29+,31+,37-;/m101./s1. The van der Waals surface area contributed by atoms with Crippen LogP contribution in [0, 0.1) is 69.5 Å². The molecule has 15 rings (SSSR count). The molecule has 778 valence electrons. The molecule has 6 fully saturated rings. The first-order chi connectivity index (χ1) is 66.1. The number of ether oxygens (including phenoxy) is 12. The van der Waals surface area contributed by atoms with E-state index in [0.717, 1.165) is 94.7 Å². The van der Waals surface area contributed by atoms with Gasteiger partial charge in [0.05, 0.1) is 111 Å². The highest BCUT2D eigenvalue weighted by atomic mass is 16.6. The van der Waals surface area contributed by atoms with Gasteiger partial charge in [0.15, 0.2) is 0 Å². The fraction of sp³-hybridized carbons (Fsp3) is 0.670. The molecule has 9 heterocycles. The van der Waals surface area contributed by atoms with Gasteiger partial charge in [-0.3, -0.25) is 28.8 Å². The minimum atomic E-state index is -0.905. The molecule has 0 radical (unpaired) electrons. The van der Waals surface area contributed by atoms with Gasteiger partial charge in [0.1, 0.15) is 104 Å². The predicted octanol–water partition coefficient (Wildman–Crippen LogP) is 20.2. The fourth-order valence-corrected chi connectivity index (χ4v) is 21.1. The second-order valence-corrected chi connectivity index (χ2v) is 47.2. The summed E-state index contributed by atoms with van der Waals surface area (Å²) in [5.41, 5.74) is 0.380. The Kier molecular flexibility index (Phi) is 33.8. The summed E-state index contributed by atoms with van der Waals surface area (Å²) in [6.07, 6.45) is 20.1. The summed E-state index contributed by atoms with van der Waals surface area (Å²) < 4.78 is 72.3. The molecular weight excluding hydrogens is 1810 g/mol. The van der Waals surface area contributed by atoms with Crippen LogP contribution in [0.5, 0.6) is 34.9 Å². The zero-order valence-electron chi connectivity index (χ0n) is 88.5. The van der Waals surface area contributed by atoms with Crippen molar-refractivity contribution in [3.8, 4) is 34.9 Å². The third-order valence-corrected chi connectivity index (χ3v) is 29.5. The van der Waals surface area contributed by atoms with Crippen LogP contribution in [-0.4, -0.2) is 209 Å². The molecule has 3 aromatic heterocycles. The van der Waals surface area contributed by atoms with E-state index in [9.17, 15) is 43.2 Å². The molecule has 3 aromatic carbocycles. The molecule has 3 aliphatic carbocycles. The molecule has 0 spiro atoms. The molecule has 9 aliphatic rings. The summed E-state index contributed by atoms with van der Waals surface area (Å²) in [7, 11) is 4.81. The molecule has 6 bridgehead atoms. The maximum Gasteiger partial charge on any atom is 0.329 e. The number of esters is 6. The number of amides is 3. The average Bonchev–Trinajstić information content (AvgIpc) is 1.62. The maximum absolute atomic E-state index is 14.6. The predicted molar refractivity (Wildman–Crippen MR) is 542 cm³/mol. The molecule has 6 aliphatic heterocycles. The number of carbonyl (C=O) groups is 9. The topological polar surface area (TPSA) is 351 Å². The number of methoxy groups -OCH3 is 3. The lowest BCUT2D eigenvalue weighted by atomic mass is 9.77. The minimum absolute atomic E-state index is 0. The SMILES string of the molecule is C.CC[C@@H]1[C@@H]2CN(C(=O)[C@H](C(C)(C)C)CC(=O)O[C@@]3(C)C[C@@H]3CCC/C=C/c3nc4ccc(OC)cc4nc3O2)[C@@H]1C(=O)OC(C)(C)C.CC[C@@H]1[C@@H]2CN(C(=O)[C@H](C(C)(C)C)CC(=O)O[C@]3(C)C[C@H]3CCC/C=C/c3nc4ccc(OC)cc4nc3O2)[C@@H]1C(=O)OC(C)(C)C.CC[C@@H]1[C@@H]2CN(C(=O)[C@H](C(C)(C)C)CC(=O)O[C@]3(C)C[C@H]3CCCCCc3nc4ccc(OC)cc4nc3O2)[C@@H]1C(=O)OC(C)(C)C. The third-order valence-electron chi connectivity index (χ3n) is 29.5. The van der Waals surface area contributed by atoms with Gasteiger partial charge >= 0.3 is 35.8 Å². The van der Waals surface area contributed by atoms with Crippen molar-refractivity contribution in [3.05, 3.63) is 83.8 Å². The van der Waals surface area contributed by atoms with E-state index in [4.69, 9.17) is 86.7 Å². The Hall–Kier alpha value is -10.8. The summed E-state index contributed by atoms with van der Waals surface area (Å²) in [4.78, 5) is 160. The summed E-state index contributed by atoms with van der Waals surface area (Å²) in [5.74, 6) is -2.87. The van der Waals surface area contributed by atoms with Crippen LogP contribution in [0.2, 0.25) is 0 Å². The maximum atomic E-state index is 14.6. The number of nitrogens with zero attached hydrogens (tertiary/aromatic N) is 9. The number of rotatable bonds is 9. The second-order valence-electron chi connectivity index (χ2n) is 47.2. The van der Waals surface area contributed by atoms with Gasteiger partial charge in [-0.05, 0) is 244 Å². The molecule has 3 saturated heterocycles. The van der Waals surface area contributed by atoms with Gasteiger partial charge in [0.2, 0.25) is 35.4 Å². The van der Waals surface area contributed by atoms with Crippen LogP contribution in [0.25, 0.3) is 45.3 Å². The average molecular weight is 1970 g/mol. The first kappa shape index (κ1) is 110. The third kappa shape index (κ3) is 26.5. The van der Waals surface area contributed by atoms with Gasteiger partial charge in [-0.1, -0.05) is 116 Å². The number of hydrogen-bond acceptors (Lipinski definition) is 27. The van der Waals surface area contributed by atoms with Crippen LogP contribution in [0.15, 0.2) is 66.7 Å². The van der Waals surface area contributed by atoms with Crippen LogP contribution in [0.3, 0.4) is 0 Å². The quantitative estimate of drug-likeness (QED) is 0.0958. The van der Waals surface area contributed by atoms with Gasteiger partial charge in [0, 0.05) is 53.7 Å². The van der Waals surface area contributed by atoms with E-state index in [1.165, 1.54) is 0 Å². The van der Waals surface area contributed by atoms with Gasteiger partial charge in [-0.25, -0.2) is 44.3 Å². The van der Waals surface area contributed by atoms with Crippen LogP contribution < -0.4 is 28.4 Å². The normalized spacial score (nSPS) is 29.1. The van der Waals surface area contributed by atoms with E-state index >= 15 is 0 Å². The van der Waals surface area contributed by atoms with E-state index < -0.39 is 134 Å². The molecule has 3 amide bonds. The van der Waals surface area contributed by atoms with Crippen LogP contribution in [0.4, 0.5) is 0 Å². The highest BCUT2D eigenvalue weighted by molar-refractivity contribution is 5.93. The van der Waals surface area contributed by atoms with Crippen molar-refractivity contribution >= 4 is 98.8 Å². The lowest BCUT2D eigenvalue weighted by molar-refractivity contribution is -0.168. The highest BCUT2D eigenvalue weighted by Gasteiger charge is 2.60. The van der Waals surface area contributed by atoms with Crippen molar-refractivity contribution in [1.29, 1.82) is 0 Å². The van der Waals surface area contributed by atoms with Crippen molar-refractivity contribution in [3.63, 3.8) is 0 Å². The van der Waals surface area contributed by atoms with Gasteiger partial charge in [0.25, 0.3) is 0 Å². The van der Waals surface area contributed by atoms with Crippen molar-refractivity contribution in [1.82, 2.24) is 44.6 Å². The number of allylic oxidation sites excluding steroid dienone is 2. The second kappa shape index (κ2) is 43.6. The van der Waals surface area contributed by atoms with E-state index in [2.05, 4.69) is 12.2 Å². The van der Waals surface area contributed by atoms with Gasteiger partial charge in [-0.2, -0.15) is 0 Å². The van der Waals surface area contributed by atoms with E-state index in [-0.39, 0.29) is 99.7 Å². The van der Waals surface area contributed by atoms with Crippen molar-refractivity contribution in [2.24, 2.45) is 69.5 Å².